The Kier molecular flexibility index (Phi) is 8.66. The second-order valence-corrected chi connectivity index (χ2v) is 11.2. The number of nitrogens with zero attached hydrogens (tertiary/aromatic N) is 3. The molecular formula is C31H32F6N4O4. The van der Waals surface area contributed by atoms with Crippen molar-refractivity contribution >= 4 is 17.5 Å². The van der Waals surface area contributed by atoms with Gasteiger partial charge in [0.2, 0.25) is 0 Å². The van der Waals surface area contributed by atoms with Crippen molar-refractivity contribution in [3.8, 4) is 5.75 Å². The Morgan fingerprint density at radius 3 is 2.27 bits per heavy atom. The van der Waals surface area contributed by atoms with Gasteiger partial charge in [-0.15, -0.1) is 0 Å². The summed E-state index contributed by atoms with van der Waals surface area (Å²) in [7, 11) is 1.44. The van der Waals surface area contributed by atoms with Gasteiger partial charge in [-0.3, -0.25) is 9.88 Å². The number of hydrogen-bond donors (Lipinski definition) is 2. The number of benzene rings is 2. The Morgan fingerprint density at radius 2 is 1.71 bits per heavy atom. The number of hydrogen-bond acceptors (Lipinski definition) is 6. The molecule has 1 saturated heterocycles. The molecule has 5 rings (SSSR count). The fourth-order valence-electron chi connectivity index (χ4n) is 6.08. The van der Waals surface area contributed by atoms with Crippen LogP contribution < -0.4 is 20.3 Å². The standard InChI is InChI=1S/C31H32F6N4O4/c1-3-29(38)16-25(24-15-23(44-2)4-5-26(24)41(29)28(42)43)27-19(13-22(17-39-27)40-6-8-45-9-7-40)10-18-11-20(30(32,33)34)14-21(12-18)31(35,36)37/h4-5,11-15,17,25H,3,6-10,16,38H2,1-2H3,(H,42,43)/t25-,29+/m0/s1. The first-order chi connectivity index (χ1) is 21.1. The molecule has 8 nitrogen and oxygen atoms in total. The molecule has 2 atom stereocenters. The van der Waals surface area contributed by atoms with Crippen LogP contribution in [0.15, 0.2) is 48.7 Å². The zero-order valence-corrected chi connectivity index (χ0v) is 24.5. The summed E-state index contributed by atoms with van der Waals surface area (Å²) in [6, 6.07) is 8.04. The van der Waals surface area contributed by atoms with Crippen molar-refractivity contribution in [1.29, 1.82) is 0 Å². The first-order valence-electron chi connectivity index (χ1n) is 14.2. The molecule has 2 aromatic carbocycles. The van der Waals surface area contributed by atoms with Crippen LogP contribution in [-0.4, -0.2) is 55.3 Å². The average Bonchev–Trinajstić information content (AvgIpc) is 2.99. The van der Waals surface area contributed by atoms with Crippen LogP contribution in [0.5, 0.6) is 5.75 Å². The molecule has 3 aromatic rings. The summed E-state index contributed by atoms with van der Waals surface area (Å²) in [5.74, 6) is -0.249. The number of carbonyl (C=O) groups is 1. The zero-order valence-electron chi connectivity index (χ0n) is 24.5. The molecule has 0 aliphatic carbocycles. The van der Waals surface area contributed by atoms with Crippen molar-refractivity contribution in [2.45, 2.75) is 50.1 Å². The fourth-order valence-corrected chi connectivity index (χ4v) is 6.08. The third kappa shape index (κ3) is 6.52. The number of aromatic nitrogens is 1. The minimum absolute atomic E-state index is 0.0449. The lowest BCUT2D eigenvalue weighted by atomic mass is 9.77. The number of nitrogens with two attached hydrogens (primary N) is 1. The van der Waals surface area contributed by atoms with Gasteiger partial charge in [0.25, 0.3) is 0 Å². The number of ether oxygens (including phenoxy) is 2. The van der Waals surface area contributed by atoms with E-state index >= 15 is 0 Å². The number of halogens is 6. The molecule has 2 aliphatic rings. The van der Waals surface area contributed by atoms with E-state index in [0.717, 1.165) is 4.90 Å². The van der Waals surface area contributed by atoms with E-state index in [2.05, 4.69) is 0 Å². The highest BCUT2D eigenvalue weighted by atomic mass is 19.4. The maximum atomic E-state index is 13.7. The molecule has 14 heteroatoms. The van der Waals surface area contributed by atoms with Crippen LogP contribution >= 0.6 is 0 Å². The van der Waals surface area contributed by atoms with Crippen LogP contribution in [0, 0.1) is 0 Å². The number of rotatable bonds is 6. The monoisotopic (exact) mass is 638 g/mol. The second kappa shape index (κ2) is 12.0. The van der Waals surface area contributed by atoms with Crippen molar-refractivity contribution in [3.05, 3.63) is 82.2 Å². The van der Waals surface area contributed by atoms with Gasteiger partial charge in [0, 0.05) is 19.0 Å². The highest BCUT2D eigenvalue weighted by molar-refractivity contribution is 5.90. The average molecular weight is 639 g/mol. The molecule has 0 bridgehead atoms. The van der Waals surface area contributed by atoms with Gasteiger partial charge in [-0.1, -0.05) is 6.92 Å². The van der Waals surface area contributed by atoms with E-state index in [4.69, 9.17) is 20.2 Å². The SMILES string of the molecule is CC[C@]1(N)C[C@H](c2ncc(N3CCOCC3)cc2Cc2cc(C(F)(F)F)cc(C(F)(F)F)c2)c2cc(OC)ccc2N1C(=O)O. The van der Waals surface area contributed by atoms with Crippen molar-refractivity contribution < 1.29 is 45.7 Å². The molecule has 0 spiro atoms. The molecule has 0 saturated carbocycles. The van der Waals surface area contributed by atoms with Crippen molar-refractivity contribution in [1.82, 2.24) is 4.98 Å². The minimum atomic E-state index is -5.01. The van der Waals surface area contributed by atoms with Gasteiger partial charge in [-0.25, -0.2) is 4.79 Å². The Morgan fingerprint density at radius 1 is 1.07 bits per heavy atom. The highest BCUT2D eigenvalue weighted by Gasteiger charge is 2.46. The molecule has 2 aliphatic heterocycles. The molecule has 0 radical (unpaired) electrons. The van der Waals surface area contributed by atoms with Gasteiger partial charge in [0.1, 0.15) is 11.4 Å². The molecular weight excluding hydrogens is 606 g/mol. The second-order valence-electron chi connectivity index (χ2n) is 11.2. The lowest BCUT2D eigenvalue weighted by molar-refractivity contribution is -0.143. The quantitative estimate of drug-likeness (QED) is 0.292. The molecule has 3 heterocycles. The summed E-state index contributed by atoms with van der Waals surface area (Å²) in [6.45, 7) is 3.64. The molecule has 1 fully saturated rings. The number of morpholine rings is 1. The largest absolute Gasteiger partial charge is 0.497 e. The molecule has 1 amide bonds. The maximum Gasteiger partial charge on any atom is 0.416 e. The third-order valence-electron chi connectivity index (χ3n) is 8.39. The van der Waals surface area contributed by atoms with Gasteiger partial charge in [0.15, 0.2) is 0 Å². The lowest BCUT2D eigenvalue weighted by Gasteiger charge is -2.46. The smallest absolute Gasteiger partial charge is 0.416 e. The Bertz CT molecular complexity index is 1540. The van der Waals surface area contributed by atoms with Gasteiger partial charge < -0.3 is 25.2 Å². The Labute approximate surface area is 255 Å². The van der Waals surface area contributed by atoms with E-state index < -0.39 is 41.2 Å². The summed E-state index contributed by atoms with van der Waals surface area (Å²) in [4.78, 5) is 20.3. The van der Waals surface area contributed by atoms with Crippen LogP contribution in [0.4, 0.5) is 42.5 Å². The van der Waals surface area contributed by atoms with E-state index in [1.807, 2.05) is 4.90 Å². The fraction of sp³-hybridized carbons (Fsp3) is 0.419. The summed E-state index contributed by atoms with van der Waals surface area (Å²) in [5.41, 5.74) is 4.45. The normalized spacial score (nSPS) is 20.6. The first kappa shape index (κ1) is 32.4. The van der Waals surface area contributed by atoms with E-state index in [9.17, 15) is 36.2 Å². The number of carboxylic acid groups (broad SMARTS) is 1. The Hall–Kier alpha value is -4.04. The molecule has 3 N–H and O–H groups in total. The highest BCUT2D eigenvalue weighted by Crippen LogP contribution is 2.48. The van der Waals surface area contributed by atoms with Crippen LogP contribution in [0.2, 0.25) is 0 Å². The number of anilines is 2. The summed E-state index contributed by atoms with van der Waals surface area (Å²) >= 11 is 0. The van der Waals surface area contributed by atoms with Gasteiger partial charge in [0.05, 0.1) is 54.7 Å². The van der Waals surface area contributed by atoms with Crippen LogP contribution in [0.3, 0.4) is 0 Å². The van der Waals surface area contributed by atoms with E-state index in [1.54, 1.807) is 37.4 Å². The van der Waals surface area contributed by atoms with Crippen LogP contribution in [0.1, 0.15) is 59.2 Å². The number of alkyl halides is 6. The summed E-state index contributed by atoms with van der Waals surface area (Å²) in [6.07, 6.45) is -9.74. The van der Waals surface area contributed by atoms with Crippen molar-refractivity contribution in [3.63, 3.8) is 0 Å². The lowest BCUT2D eigenvalue weighted by Crippen LogP contribution is -2.61. The van der Waals surface area contributed by atoms with E-state index in [1.165, 1.54) is 7.11 Å². The van der Waals surface area contributed by atoms with Gasteiger partial charge >= 0.3 is 18.4 Å². The predicted octanol–water partition coefficient (Wildman–Crippen LogP) is 6.64. The molecule has 45 heavy (non-hydrogen) atoms. The summed E-state index contributed by atoms with van der Waals surface area (Å²) < 4.78 is 93.3. The third-order valence-corrected chi connectivity index (χ3v) is 8.39. The van der Waals surface area contributed by atoms with Crippen LogP contribution in [-0.2, 0) is 23.5 Å². The number of methoxy groups -OCH3 is 1. The number of fused-ring (bicyclic) bond motifs is 1. The van der Waals surface area contributed by atoms with Crippen molar-refractivity contribution in [2.24, 2.45) is 5.73 Å². The minimum Gasteiger partial charge on any atom is -0.497 e. The Balaban J connectivity index is 1.71. The molecule has 1 aromatic heterocycles. The van der Waals surface area contributed by atoms with E-state index in [0.29, 0.717) is 66.7 Å². The number of amides is 1. The van der Waals surface area contributed by atoms with E-state index in [-0.39, 0.29) is 36.6 Å². The topological polar surface area (TPSA) is 101 Å². The summed E-state index contributed by atoms with van der Waals surface area (Å²) in [5, 5.41) is 10.1. The number of pyridine rings is 1. The van der Waals surface area contributed by atoms with Gasteiger partial charge in [-0.05, 0) is 78.4 Å². The van der Waals surface area contributed by atoms with Crippen molar-refractivity contribution in [2.75, 3.05) is 43.2 Å². The first-order valence-corrected chi connectivity index (χ1v) is 14.2. The van der Waals surface area contributed by atoms with Crippen LogP contribution in [0.25, 0.3) is 0 Å². The molecule has 242 valence electrons. The zero-order chi connectivity index (χ0) is 32.7. The predicted molar refractivity (Wildman–Crippen MR) is 154 cm³/mol. The van der Waals surface area contributed by atoms with Gasteiger partial charge in [-0.2, -0.15) is 26.3 Å². The molecule has 0 unspecified atom stereocenters. The maximum absolute atomic E-state index is 13.7.